The highest BCUT2D eigenvalue weighted by Crippen LogP contribution is 2.25. The number of ether oxygens (including phenoxy) is 1. The van der Waals surface area contributed by atoms with Gasteiger partial charge < -0.3 is 4.74 Å². The van der Waals surface area contributed by atoms with Crippen LogP contribution in [-0.4, -0.2) is 12.7 Å². The molecule has 1 fully saturated rings. The Hall–Kier alpha value is -0.0400. The molecule has 0 N–H and O–H groups in total. The van der Waals surface area contributed by atoms with Gasteiger partial charge in [0.05, 0.1) is 12.7 Å². The van der Waals surface area contributed by atoms with E-state index in [1.165, 1.54) is 12.8 Å². The molecule has 8 heavy (non-hydrogen) atoms. The minimum absolute atomic E-state index is 0.630. The van der Waals surface area contributed by atoms with Crippen LogP contribution < -0.4 is 0 Å². The first-order valence-electron chi connectivity index (χ1n) is 3.50. The van der Waals surface area contributed by atoms with E-state index >= 15 is 0 Å². The molecule has 0 bridgehead atoms. The third-order valence-electron chi connectivity index (χ3n) is 1.93. The monoisotopic (exact) mass is 114 g/mol. The fourth-order valence-electron chi connectivity index (χ4n) is 1.14. The van der Waals surface area contributed by atoms with Gasteiger partial charge >= 0.3 is 0 Å². The minimum atomic E-state index is 0.630. The molecular formula is C7H14O. The lowest BCUT2D eigenvalue weighted by molar-refractivity contribution is 0.316. The Morgan fingerprint density at radius 3 is 2.12 bits per heavy atom. The van der Waals surface area contributed by atoms with E-state index in [1.807, 2.05) is 0 Å². The van der Waals surface area contributed by atoms with Crippen molar-refractivity contribution in [3.05, 3.63) is 0 Å². The SMILES string of the molecule is CCC(CC)[C@H]1CO1. The van der Waals surface area contributed by atoms with Gasteiger partial charge in [0.15, 0.2) is 0 Å². The smallest absolute Gasteiger partial charge is 0.0837 e. The van der Waals surface area contributed by atoms with Crippen LogP contribution in [0.2, 0.25) is 0 Å². The van der Waals surface area contributed by atoms with Crippen molar-refractivity contribution in [3.8, 4) is 0 Å². The highest BCUT2D eigenvalue weighted by atomic mass is 16.6. The van der Waals surface area contributed by atoms with Gasteiger partial charge in [0.1, 0.15) is 0 Å². The van der Waals surface area contributed by atoms with E-state index in [-0.39, 0.29) is 0 Å². The van der Waals surface area contributed by atoms with Gasteiger partial charge in [-0.2, -0.15) is 0 Å². The lowest BCUT2D eigenvalue weighted by atomic mass is 10.0. The Bertz CT molecular complexity index is 62.8. The molecule has 0 aromatic rings. The van der Waals surface area contributed by atoms with Crippen molar-refractivity contribution in [2.24, 2.45) is 5.92 Å². The van der Waals surface area contributed by atoms with Crippen LogP contribution in [0.1, 0.15) is 26.7 Å². The second kappa shape index (κ2) is 2.49. The Labute approximate surface area is 51.0 Å². The Morgan fingerprint density at radius 2 is 2.00 bits per heavy atom. The summed E-state index contributed by atoms with van der Waals surface area (Å²) in [6.45, 7) is 5.48. The topological polar surface area (TPSA) is 12.5 Å². The predicted octanol–water partition coefficient (Wildman–Crippen LogP) is 1.82. The first kappa shape index (κ1) is 6.09. The van der Waals surface area contributed by atoms with Crippen molar-refractivity contribution in [2.45, 2.75) is 32.8 Å². The van der Waals surface area contributed by atoms with Gasteiger partial charge in [-0.15, -0.1) is 0 Å². The zero-order valence-electron chi connectivity index (χ0n) is 5.68. The minimum Gasteiger partial charge on any atom is -0.373 e. The van der Waals surface area contributed by atoms with Gasteiger partial charge in [-0.05, 0) is 5.92 Å². The summed E-state index contributed by atoms with van der Waals surface area (Å²) in [4.78, 5) is 0. The van der Waals surface area contributed by atoms with Crippen LogP contribution in [-0.2, 0) is 4.74 Å². The van der Waals surface area contributed by atoms with Gasteiger partial charge in [-0.1, -0.05) is 26.7 Å². The molecule has 1 rings (SSSR count). The third-order valence-corrected chi connectivity index (χ3v) is 1.93. The number of hydrogen-bond acceptors (Lipinski definition) is 1. The Balaban J connectivity index is 2.15. The van der Waals surface area contributed by atoms with Gasteiger partial charge in [0.25, 0.3) is 0 Å². The van der Waals surface area contributed by atoms with Crippen molar-refractivity contribution >= 4 is 0 Å². The fraction of sp³-hybridized carbons (Fsp3) is 1.00. The summed E-state index contributed by atoms with van der Waals surface area (Å²) in [5.41, 5.74) is 0. The summed E-state index contributed by atoms with van der Waals surface area (Å²) in [5, 5.41) is 0. The molecule has 1 aliphatic heterocycles. The maximum absolute atomic E-state index is 5.15. The fourth-order valence-corrected chi connectivity index (χ4v) is 1.14. The second-order valence-corrected chi connectivity index (χ2v) is 2.45. The summed E-state index contributed by atoms with van der Waals surface area (Å²) >= 11 is 0. The summed E-state index contributed by atoms with van der Waals surface area (Å²) < 4.78 is 5.15. The molecule has 0 unspecified atom stereocenters. The van der Waals surface area contributed by atoms with Crippen LogP contribution in [0.4, 0.5) is 0 Å². The molecule has 1 aliphatic rings. The maximum Gasteiger partial charge on any atom is 0.0837 e. The van der Waals surface area contributed by atoms with Crippen LogP contribution in [0.3, 0.4) is 0 Å². The molecule has 1 saturated heterocycles. The summed E-state index contributed by atoms with van der Waals surface area (Å²) in [7, 11) is 0. The van der Waals surface area contributed by atoms with Gasteiger partial charge in [0, 0.05) is 0 Å². The van der Waals surface area contributed by atoms with Gasteiger partial charge in [-0.3, -0.25) is 0 Å². The lowest BCUT2D eigenvalue weighted by Crippen LogP contribution is -2.04. The average Bonchev–Trinajstić information content (AvgIpc) is 2.53. The molecule has 0 saturated carbocycles. The zero-order valence-corrected chi connectivity index (χ0v) is 5.68. The second-order valence-electron chi connectivity index (χ2n) is 2.45. The first-order valence-corrected chi connectivity index (χ1v) is 3.50. The van der Waals surface area contributed by atoms with Crippen molar-refractivity contribution in [1.29, 1.82) is 0 Å². The van der Waals surface area contributed by atoms with E-state index in [0.717, 1.165) is 12.5 Å². The van der Waals surface area contributed by atoms with Crippen molar-refractivity contribution < 1.29 is 4.74 Å². The standard InChI is InChI=1S/C7H14O/c1-3-6(4-2)7-5-8-7/h6-7H,3-5H2,1-2H3/t7-/m1/s1. The molecule has 0 aromatic heterocycles. The molecular weight excluding hydrogens is 100 g/mol. The molecule has 0 aliphatic carbocycles. The van der Waals surface area contributed by atoms with Crippen LogP contribution >= 0.6 is 0 Å². The van der Waals surface area contributed by atoms with Crippen LogP contribution in [0.25, 0.3) is 0 Å². The molecule has 1 atom stereocenters. The van der Waals surface area contributed by atoms with Crippen molar-refractivity contribution in [3.63, 3.8) is 0 Å². The average molecular weight is 114 g/mol. The quantitative estimate of drug-likeness (QED) is 0.510. The van der Waals surface area contributed by atoms with E-state index in [2.05, 4.69) is 13.8 Å². The first-order chi connectivity index (χ1) is 3.88. The molecule has 0 spiro atoms. The van der Waals surface area contributed by atoms with Gasteiger partial charge in [-0.25, -0.2) is 0 Å². The largest absolute Gasteiger partial charge is 0.373 e. The number of hydrogen-bond donors (Lipinski definition) is 0. The predicted molar refractivity (Wildman–Crippen MR) is 33.8 cm³/mol. The van der Waals surface area contributed by atoms with Crippen LogP contribution in [0.15, 0.2) is 0 Å². The summed E-state index contributed by atoms with van der Waals surface area (Å²) in [6, 6.07) is 0. The van der Waals surface area contributed by atoms with Crippen molar-refractivity contribution in [2.75, 3.05) is 6.61 Å². The molecule has 48 valence electrons. The Kier molecular flexibility index (Phi) is 1.90. The number of rotatable bonds is 3. The van der Waals surface area contributed by atoms with E-state index < -0.39 is 0 Å². The normalized spacial score (nSPS) is 26.6. The molecule has 0 amide bonds. The lowest BCUT2D eigenvalue weighted by Gasteiger charge is -2.05. The van der Waals surface area contributed by atoms with E-state index in [1.54, 1.807) is 0 Å². The molecule has 0 radical (unpaired) electrons. The van der Waals surface area contributed by atoms with E-state index in [0.29, 0.717) is 6.10 Å². The summed E-state index contributed by atoms with van der Waals surface area (Å²) in [6.07, 6.45) is 3.19. The Morgan fingerprint density at radius 1 is 1.50 bits per heavy atom. The highest BCUT2D eigenvalue weighted by molar-refractivity contribution is 4.76. The van der Waals surface area contributed by atoms with Gasteiger partial charge in [0.2, 0.25) is 0 Å². The molecule has 0 aromatic carbocycles. The molecule has 1 nitrogen and oxygen atoms in total. The van der Waals surface area contributed by atoms with Crippen LogP contribution in [0.5, 0.6) is 0 Å². The van der Waals surface area contributed by atoms with Crippen LogP contribution in [0, 0.1) is 5.92 Å². The maximum atomic E-state index is 5.15. The van der Waals surface area contributed by atoms with E-state index in [4.69, 9.17) is 4.74 Å². The van der Waals surface area contributed by atoms with Crippen molar-refractivity contribution in [1.82, 2.24) is 0 Å². The summed E-state index contributed by atoms with van der Waals surface area (Å²) in [5.74, 6) is 0.843. The molecule has 1 heteroatoms. The third kappa shape index (κ3) is 1.22. The highest BCUT2D eigenvalue weighted by Gasteiger charge is 2.29. The zero-order chi connectivity index (χ0) is 5.98. The van der Waals surface area contributed by atoms with E-state index in [9.17, 15) is 0 Å². The molecule has 1 heterocycles. The number of epoxide rings is 1.